The van der Waals surface area contributed by atoms with Crippen LogP contribution in [-0.2, 0) is 6.61 Å². The van der Waals surface area contributed by atoms with Crippen LogP contribution in [0.2, 0.25) is 5.02 Å². The lowest BCUT2D eigenvalue weighted by Crippen LogP contribution is -2.26. The number of carbonyl (C=O) groups is 1. The third kappa shape index (κ3) is 4.19. The van der Waals surface area contributed by atoms with Crippen molar-refractivity contribution in [2.75, 3.05) is 13.2 Å². The molecule has 0 saturated carbocycles. The molecule has 0 aliphatic heterocycles. The maximum atomic E-state index is 13.6. The number of ether oxygens (including phenoxy) is 1. The molecule has 2 aromatic carbocycles. The van der Waals surface area contributed by atoms with Gasteiger partial charge in [-0.15, -0.1) is 0 Å². The van der Waals surface area contributed by atoms with Crippen molar-refractivity contribution in [3.05, 3.63) is 64.4 Å². The third-order valence-electron chi connectivity index (χ3n) is 2.96. The number of rotatable bonds is 6. The molecule has 0 aliphatic carbocycles. The summed E-state index contributed by atoms with van der Waals surface area (Å²) >= 11 is 5.92. The van der Waals surface area contributed by atoms with E-state index in [1.165, 1.54) is 12.1 Å². The first-order valence-electron chi connectivity index (χ1n) is 6.66. The summed E-state index contributed by atoms with van der Waals surface area (Å²) in [4.78, 5) is 11.7. The fraction of sp³-hybridized carbons (Fsp3) is 0.188. The number of carbonyl (C=O) groups excluding carboxylic acids is 1. The van der Waals surface area contributed by atoms with Gasteiger partial charge in [-0.05, 0) is 36.4 Å². The van der Waals surface area contributed by atoms with Crippen molar-refractivity contribution >= 4 is 17.5 Å². The molecule has 0 heterocycles. The second-order valence-corrected chi connectivity index (χ2v) is 4.90. The van der Waals surface area contributed by atoms with Gasteiger partial charge in [0.25, 0.3) is 5.91 Å². The van der Waals surface area contributed by atoms with E-state index in [1.54, 1.807) is 30.3 Å². The van der Waals surface area contributed by atoms with Crippen LogP contribution in [0.3, 0.4) is 0 Å². The van der Waals surface area contributed by atoms with E-state index < -0.39 is 5.82 Å². The second-order valence-electron chi connectivity index (χ2n) is 4.49. The Bertz CT molecular complexity index is 626. The van der Waals surface area contributed by atoms with Crippen LogP contribution in [0.15, 0.2) is 42.5 Å². The fourth-order valence-electron chi connectivity index (χ4n) is 1.80. The van der Waals surface area contributed by atoms with Crippen LogP contribution in [-0.4, -0.2) is 24.2 Å². The highest BCUT2D eigenvalue weighted by Gasteiger charge is 2.08. The zero-order valence-corrected chi connectivity index (χ0v) is 12.4. The lowest BCUT2D eigenvalue weighted by atomic mass is 10.2. The average Bonchev–Trinajstić information content (AvgIpc) is 2.52. The van der Waals surface area contributed by atoms with Crippen molar-refractivity contribution in [3.63, 3.8) is 0 Å². The van der Waals surface area contributed by atoms with Crippen LogP contribution in [0.4, 0.5) is 4.39 Å². The monoisotopic (exact) mass is 323 g/mol. The number of hydrogen-bond donors (Lipinski definition) is 2. The van der Waals surface area contributed by atoms with Gasteiger partial charge in [0.05, 0.1) is 11.6 Å². The molecule has 2 N–H and O–H groups in total. The first-order chi connectivity index (χ1) is 10.6. The predicted molar refractivity (Wildman–Crippen MR) is 81.6 cm³/mol. The Balaban J connectivity index is 1.98. The average molecular weight is 324 g/mol. The van der Waals surface area contributed by atoms with Gasteiger partial charge in [-0.3, -0.25) is 4.79 Å². The number of aliphatic hydroxyl groups excluding tert-OH is 1. The van der Waals surface area contributed by atoms with Gasteiger partial charge < -0.3 is 15.2 Å². The maximum absolute atomic E-state index is 13.6. The van der Waals surface area contributed by atoms with Gasteiger partial charge >= 0.3 is 0 Å². The Morgan fingerprint density at radius 3 is 2.59 bits per heavy atom. The summed E-state index contributed by atoms with van der Waals surface area (Å²) in [7, 11) is 0. The van der Waals surface area contributed by atoms with Gasteiger partial charge in [0.2, 0.25) is 0 Å². The van der Waals surface area contributed by atoms with E-state index in [-0.39, 0.29) is 31.2 Å². The zero-order valence-electron chi connectivity index (χ0n) is 11.7. The van der Waals surface area contributed by atoms with Gasteiger partial charge in [-0.1, -0.05) is 17.7 Å². The number of amides is 1. The first-order valence-corrected chi connectivity index (χ1v) is 7.04. The molecule has 0 saturated heterocycles. The smallest absolute Gasteiger partial charge is 0.251 e. The Kier molecular flexibility index (Phi) is 5.75. The van der Waals surface area contributed by atoms with E-state index in [9.17, 15) is 9.18 Å². The van der Waals surface area contributed by atoms with E-state index in [4.69, 9.17) is 21.4 Å². The van der Waals surface area contributed by atoms with E-state index in [1.807, 2.05) is 0 Å². The van der Waals surface area contributed by atoms with E-state index in [2.05, 4.69) is 5.32 Å². The minimum absolute atomic E-state index is 0.00155. The summed E-state index contributed by atoms with van der Waals surface area (Å²) < 4.78 is 19.1. The largest absolute Gasteiger partial charge is 0.489 e. The highest BCUT2D eigenvalue weighted by Crippen LogP contribution is 2.21. The van der Waals surface area contributed by atoms with Crippen LogP contribution in [0.1, 0.15) is 15.9 Å². The summed E-state index contributed by atoms with van der Waals surface area (Å²) in [6, 6.07) is 10.8. The summed E-state index contributed by atoms with van der Waals surface area (Å²) in [5, 5.41) is 11.5. The van der Waals surface area contributed by atoms with Gasteiger partial charge in [-0.25, -0.2) is 4.39 Å². The van der Waals surface area contributed by atoms with Gasteiger partial charge in [0, 0.05) is 17.7 Å². The summed E-state index contributed by atoms with van der Waals surface area (Å²) in [6.45, 7) is 0.0841. The zero-order chi connectivity index (χ0) is 15.9. The maximum Gasteiger partial charge on any atom is 0.251 e. The molecule has 0 atom stereocenters. The van der Waals surface area contributed by atoms with Crippen LogP contribution in [0.5, 0.6) is 5.75 Å². The lowest BCUT2D eigenvalue weighted by molar-refractivity contribution is 0.0944. The summed E-state index contributed by atoms with van der Waals surface area (Å²) in [5.41, 5.74) is 0.735. The first kappa shape index (κ1) is 16.3. The molecule has 2 aromatic rings. The number of halogens is 2. The molecule has 4 nitrogen and oxygen atoms in total. The number of aliphatic hydroxyl groups is 1. The number of nitrogens with one attached hydrogen (secondary N) is 1. The van der Waals surface area contributed by atoms with Crippen LogP contribution in [0.25, 0.3) is 0 Å². The molecular formula is C16H15ClFNO3. The highest BCUT2D eigenvalue weighted by molar-refractivity contribution is 6.31. The van der Waals surface area contributed by atoms with Crippen molar-refractivity contribution in [2.45, 2.75) is 6.61 Å². The van der Waals surface area contributed by atoms with Gasteiger partial charge in [0.1, 0.15) is 18.2 Å². The molecule has 116 valence electrons. The minimum Gasteiger partial charge on any atom is -0.489 e. The molecular weight excluding hydrogens is 309 g/mol. The number of benzene rings is 2. The Morgan fingerprint density at radius 1 is 1.23 bits per heavy atom. The molecule has 0 radical (unpaired) electrons. The van der Waals surface area contributed by atoms with Crippen molar-refractivity contribution in [1.29, 1.82) is 0 Å². The molecule has 0 bridgehead atoms. The minimum atomic E-state index is -0.424. The van der Waals surface area contributed by atoms with Crippen LogP contribution >= 0.6 is 11.6 Å². The third-order valence-corrected chi connectivity index (χ3v) is 3.31. The standard InChI is InChI=1S/C16H15ClFNO3/c17-14-2-1-3-15(18)13(14)10-22-12-6-4-11(5-7-12)16(21)19-8-9-20/h1-7,20H,8-10H2,(H,19,21). The Labute approximate surface area is 132 Å². The molecule has 0 aromatic heterocycles. The molecule has 0 spiro atoms. The Hall–Kier alpha value is -2.11. The predicted octanol–water partition coefficient (Wildman–Crippen LogP) is 2.78. The SMILES string of the molecule is O=C(NCCO)c1ccc(OCc2c(F)cccc2Cl)cc1. The lowest BCUT2D eigenvalue weighted by Gasteiger charge is -2.09. The molecule has 1 amide bonds. The molecule has 0 fully saturated rings. The molecule has 6 heteroatoms. The van der Waals surface area contributed by atoms with Gasteiger partial charge in [-0.2, -0.15) is 0 Å². The van der Waals surface area contributed by atoms with E-state index >= 15 is 0 Å². The quantitative estimate of drug-likeness (QED) is 0.859. The second kappa shape index (κ2) is 7.77. The molecule has 2 rings (SSSR count). The topological polar surface area (TPSA) is 58.6 Å². The van der Waals surface area contributed by atoms with Crippen LogP contribution < -0.4 is 10.1 Å². The van der Waals surface area contributed by atoms with Crippen molar-refractivity contribution in [1.82, 2.24) is 5.32 Å². The molecule has 0 aliphatic rings. The van der Waals surface area contributed by atoms with E-state index in [0.29, 0.717) is 16.3 Å². The highest BCUT2D eigenvalue weighted by atomic mass is 35.5. The van der Waals surface area contributed by atoms with Crippen molar-refractivity contribution in [2.24, 2.45) is 0 Å². The molecule has 0 unspecified atom stereocenters. The van der Waals surface area contributed by atoms with E-state index in [0.717, 1.165) is 0 Å². The molecule has 22 heavy (non-hydrogen) atoms. The van der Waals surface area contributed by atoms with Crippen molar-refractivity contribution < 1.29 is 19.0 Å². The Morgan fingerprint density at radius 2 is 1.95 bits per heavy atom. The van der Waals surface area contributed by atoms with Gasteiger partial charge in [0.15, 0.2) is 0 Å². The van der Waals surface area contributed by atoms with Crippen molar-refractivity contribution in [3.8, 4) is 5.75 Å². The van der Waals surface area contributed by atoms with Crippen LogP contribution in [0, 0.1) is 5.82 Å². The summed E-state index contributed by atoms with van der Waals surface area (Å²) in [6.07, 6.45) is 0. The fourth-order valence-corrected chi connectivity index (χ4v) is 2.02. The normalized spacial score (nSPS) is 10.3. The summed E-state index contributed by atoms with van der Waals surface area (Å²) in [5.74, 6) is -0.205. The number of hydrogen-bond acceptors (Lipinski definition) is 3.